The molecular weight excluding hydrogens is 606 g/mol. The quantitative estimate of drug-likeness (QED) is 0.139. The summed E-state index contributed by atoms with van der Waals surface area (Å²) in [5.41, 5.74) is 5.16. The maximum absolute atomic E-state index is 13.5. The van der Waals surface area contributed by atoms with Crippen LogP contribution in [0.4, 0.5) is 5.69 Å². The van der Waals surface area contributed by atoms with Gasteiger partial charge in [0, 0.05) is 19.2 Å². The van der Waals surface area contributed by atoms with E-state index in [1.807, 2.05) is 43.3 Å². The van der Waals surface area contributed by atoms with Crippen molar-refractivity contribution in [2.24, 2.45) is 5.10 Å². The number of hydrazone groups is 1. The van der Waals surface area contributed by atoms with Crippen LogP contribution < -0.4 is 20.8 Å². The maximum atomic E-state index is 13.5. The van der Waals surface area contributed by atoms with E-state index in [2.05, 4.69) is 21.2 Å². The van der Waals surface area contributed by atoms with Gasteiger partial charge in [-0.3, -0.25) is 14.4 Å². The Morgan fingerprint density at radius 2 is 1.48 bits per heavy atom. The van der Waals surface area contributed by atoms with E-state index in [1.165, 1.54) is 37.4 Å². The van der Waals surface area contributed by atoms with Crippen LogP contribution in [-0.2, 0) is 31.0 Å². The average molecular weight is 642 g/mol. The first kappa shape index (κ1) is 33.6. The summed E-state index contributed by atoms with van der Waals surface area (Å²) in [6.45, 7) is 2.57. The summed E-state index contributed by atoms with van der Waals surface area (Å²) < 4.78 is 33.7. The third-order valence-corrected chi connectivity index (χ3v) is 8.47. The number of amides is 3. The molecule has 0 bridgehead atoms. The summed E-state index contributed by atoms with van der Waals surface area (Å²) >= 11 is 0. The molecule has 0 aromatic heterocycles. The molecule has 12 heteroatoms. The minimum atomic E-state index is -4.09. The second-order valence-corrected chi connectivity index (χ2v) is 12.3. The van der Waals surface area contributed by atoms with Crippen molar-refractivity contribution in [3.8, 4) is 5.75 Å². The van der Waals surface area contributed by atoms with Crippen LogP contribution in [0.1, 0.15) is 36.6 Å². The molecule has 4 rings (SSSR count). The predicted octanol–water partition coefficient (Wildman–Crippen LogP) is 4.24. The van der Waals surface area contributed by atoms with Gasteiger partial charge in [-0.25, -0.2) is 13.8 Å². The van der Waals surface area contributed by atoms with Crippen LogP contribution >= 0.6 is 0 Å². The zero-order valence-corrected chi connectivity index (χ0v) is 26.2. The number of ether oxygens (including phenoxy) is 1. The lowest BCUT2D eigenvalue weighted by Gasteiger charge is -2.21. The molecule has 11 nitrogen and oxygen atoms in total. The summed E-state index contributed by atoms with van der Waals surface area (Å²) in [5, 5.41) is 9.46. The van der Waals surface area contributed by atoms with E-state index in [9.17, 15) is 22.8 Å². The fourth-order valence-electron chi connectivity index (χ4n) is 4.36. The Morgan fingerprint density at radius 1 is 0.848 bits per heavy atom. The molecule has 0 aliphatic rings. The van der Waals surface area contributed by atoms with Crippen molar-refractivity contribution in [2.45, 2.75) is 31.3 Å². The lowest BCUT2D eigenvalue weighted by Crippen LogP contribution is -2.39. The standard InChI is InChI=1S/C34H35N5O6S/c1-25(29-11-7-4-8-12-29)36-34(42)24-45-31-17-13-27(14-18-31)21-35-38-33(41)23-39(22-28-9-5-3-6-10-28)46(43,44)32-19-15-30(16-20-32)37-26(2)40/h3-21,25H,22-24H2,1-2H3,(H,36,42)(H,37,40)(H,38,41)/b35-21-/t25-/m0/s1. The highest BCUT2D eigenvalue weighted by molar-refractivity contribution is 7.89. The van der Waals surface area contributed by atoms with E-state index >= 15 is 0 Å². The Balaban J connectivity index is 1.32. The number of benzene rings is 4. The van der Waals surface area contributed by atoms with Crippen LogP contribution in [0, 0.1) is 0 Å². The van der Waals surface area contributed by atoms with Gasteiger partial charge in [0.1, 0.15) is 5.75 Å². The molecule has 3 amide bonds. The highest BCUT2D eigenvalue weighted by Crippen LogP contribution is 2.21. The van der Waals surface area contributed by atoms with Gasteiger partial charge in [0.2, 0.25) is 15.9 Å². The molecule has 0 radical (unpaired) electrons. The molecule has 0 unspecified atom stereocenters. The van der Waals surface area contributed by atoms with Crippen LogP contribution in [0.2, 0.25) is 0 Å². The van der Waals surface area contributed by atoms with Gasteiger partial charge in [-0.05, 0) is 72.1 Å². The number of carbonyl (C=O) groups is 3. The van der Waals surface area contributed by atoms with Crippen molar-refractivity contribution >= 4 is 39.6 Å². The number of nitrogens with zero attached hydrogens (tertiary/aromatic N) is 2. The molecule has 238 valence electrons. The third kappa shape index (κ3) is 10.1. The van der Waals surface area contributed by atoms with E-state index in [0.29, 0.717) is 22.6 Å². The van der Waals surface area contributed by atoms with Crippen molar-refractivity contribution in [2.75, 3.05) is 18.5 Å². The summed E-state index contributed by atoms with van der Waals surface area (Å²) in [4.78, 5) is 36.4. The molecule has 0 saturated heterocycles. The molecule has 1 atom stereocenters. The molecule has 0 aliphatic carbocycles. The number of hydrogen-bond acceptors (Lipinski definition) is 7. The van der Waals surface area contributed by atoms with Crippen molar-refractivity contribution < 1.29 is 27.5 Å². The molecule has 0 saturated carbocycles. The zero-order chi connectivity index (χ0) is 32.9. The lowest BCUT2D eigenvalue weighted by atomic mass is 10.1. The van der Waals surface area contributed by atoms with E-state index in [1.54, 1.807) is 48.5 Å². The first-order valence-corrected chi connectivity index (χ1v) is 15.8. The van der Waals surface area contributed by atoms with E-state index in [4.69, 9.17) is 4.74 Å². The molecule has 0 heterocycles. The van der Waals surface area contributed by atoms with Gasteiger partial charge in [-0.1, -0.05) is 60.7 Å². The SMILES string of the molecule is CC(=O)Nc1ccc(S(=O)(=O)N(CC(=O)N/N=C\c2ccc(OCC(=O)N[C@@H](C)c3ccccc3)cc2)Cc2ccccc2)cc1. The molecule has 4 aromatic rings. The van der Waals surface area contributed by atoms with Gasteiger partial charge in [0.25, 0.3) is 11.8 Å². The summed E-state index contributed by atoms with van der Waals surface area (Å²) in [7, 11) is -4.09. The topological polar surface area (TPSA) is 146 Å². The highest BCUT2D eigenvalue weighted by Gasteiger charge is 2.27. The molecule has 0 fully saturated rings. The summed E-state index contributed by atoms with van der Waals surface area (Å²) in [5.74, 6) is -0.691. The molecular formula is C34H35N5O6S. The zero-order valence-electron chi connectivity index (χ0n) is 25.4. The number of carbonyl (C=O) groups excluding carboxylic acids is 3. The second kappa shape index (κ2) is 16.1. The van der Waals surface area contributed by atoms with E-state index < -0.39 is 22.5 Å². The van der Waals surface area contributed by atoms with Gasteiger partial charge in [-0.2, -0.15) is 9.41 Å². The number of sulfonamides is 1. The van der Waals surface area contributed by atoms with Crippen LogP contribution in [0.5, 0.6) is 5.75 Å². The molecule has 46 heavy (non-hydrogen) atoms. The number of rotatable bonds is 14. The Hall–Kier alpha value is -5.33. The Labute approximate surface area is 268 Å². The van der Waals surface area contributed by atoms with Crippen LogP contribution in [0.15, 0.2) is 119 Å². The minimum absolute atomic E-state index is 0.0284. The number of anilines is 1. The lowest BCUT2D eigenvalue weighted by molar-refractivity contribution is -0.124. The first-order chi connectivity index (χ1) is 22.1. The largest absolute Gasteiger partial charge is 0.484 e. The summed E-state index contributed by atoms with van der Waals surface area (Å²) in [6, 6.07) is 30.8. The van der Waals surface area contributed by atoms with Crippen LogP contribution in [0.3, 0.4) is 0 Å². The van der Waals surface area contributed by atoms with Gasteiger partial charge in [0.05, 0.1) is 23.7 Å². The average Bonchev–Trinajstić information content (AvgIpc) is 3.05. The van der Waals surface area contributed by atoms with E-state index in [-0.39, 0.29) is 35.9 Å². The van der Waals surface area contributed by atoms with Crippen molar-refractivity contribution in [1.82, 2.24) is 15.0 Å². The normalized spacial score (nSPS) is 12.0. The first-order valence-electron chi connectivity index (χ1n) is 14.4. The molecule has 0 aliphatic heterocycles. The smallest absolute Gasteiger partial charge is 0.258 e. The molecule has 3 N–H and O–H groups in total. The fraction of sp³-hybridized carbons (Fsp3) is 0.176. The maximum Gasteiger partial charge on any atom is 0.258 e. The second-order valence-electron chi connectivity index (χ2n) is 10.3. The molecule has 4 aromatic carbocycles. The van der Waals surface area contributed by atoms with Crippen LogP contribution in [0.25, 0.3) is 0 Å². The number of nitrogens with one attached hydrogen (secondary N) is 3. The van der Waals surface area contributed by atoms with Gasteiger partial charge in [-0.15, -0.1) is 0 Å². The summed E-state index contributed by atoms with van der Waals surface area (Å²) in [6.07, 6.45) is 1.41. The fourth-order valence-corrected chi connectivity index (χ4v) is 5.74. The number of hydrogen-bond donors (Lipinski definition) is 3. The monoisotopic (exact) mass is 641 g/mol. The van der Waals surface area contributed by atoms with Gasteiger partial charge < -0.3 is 15.4 Å². The van der Waals surface area contributed by atoms with Crippen molar-refractivity contribution in [3.63, 3.8) is 0 Å². The Bertz CT molecular complexity index is 1750. The predicted molar refractivity (Wildman–Crippen MR) is 175 cm³/mol. The Morgan fingerprint density at radius 3 is 2.11 bits per heavy atom. The van der Waals surface area contributed by atoms with Gasteiger partial charge >= 0.3 is 0 Å². The van der Waals surface area contributed by atoms with Crippen molar-refractivity contribution in [1.29, 1.82) is 0 Å². The Kier molecular flexibility index (Phi) is 11.8. The van der Waals surface area contributed by atoms with Crippen LogP contribution in [-0.4, -0.2) is 49.8 Å². The minimum Gasteiger partial charge on any atom is -0.484 e. The molecule has 0 spiro atoms. The van der Waals surface area contributed by atoms with E-state index in [0.717, 1.165) is 9.87 Å². The third-order valence-electron chi connectivity index (χ3n) is 6.66. The van der Waals surface area contributed by atoms with Gasteiger partial charge in [0.15, 0.2) is 6.61 Å². The van der Waals surface area contributed by atoms with Crippen molar-refractivity contribution in [3.05, 3.63) is 126 Å². The highest BCUT2D eigenvalue weighted by atomic mass is 32.2.